The fraction of sp³-hybridized carbons (Fsp3) is 0.238. The minimum absolute atomic E-state index is 0.0183. The summed E-state index contributed by atoms with van der Waals surface area (Å²) in [6, 6.07) is 15.5. The smallest absolute Gasteiger partial charge is 0.220 e. The Morgan fingerprint density at radius 3 is 2.26 bits per heavy atom. The summed E-state index contributed by atoms with van der Waals surface area (Å²) in [5.74, 6) is 1.65. The van der Waals surface area contributed by atoms with Crippen molar-refractivity contribution < 1.29 is 14.3 Å². The molecular weight excluding hydrogens is 360 g/mol. The Bertz CT molecular complexity index is 873. The van der Waals surface area contributed by atoms with Crippen molar-refractivity contribution in [2.45, 2.75) is 19.4 Å². The summed E-state index contributed by atoms with van der Waals surface area (Å²) in [5.41, 5.74) is 3.03. The summed E-state index contributed by atoms with van der Waals surface area (Å²) in [4.78, 5) is 16.7. The molecule has 0 spiro atoms. The summed E-state index contributed by atoms with van der Waals surface area (Å²) in [6.07, 6.45) is 1.04. The molecule has 0 saturated carbocycles. The molecule has 3 aromatic rings. The van der Waals surface area contributed by atoms with Crippen LogP contribution in [0.25, 0.3) is 10.6 Å². The third kappa shape index (κ3) is 5.31. The van der Waals surface area contributed by atoms with Crippen LogP contribution >= 0.6 is 11.3 Å². The lowest BCUT2D eigenvalue weighted by molar-refractivity contribution is -0.121. The number of carbonyl (C=O) groups is 1. The third-order valence-corrected chi connectivity index (χ3v) is 5.09. The summed E-state index contributed by atoms with van der Waals surface area (Å²) < 4.78 is 10.3. The zero-order chi connectivity index (χ0) is 19.1. The zero-order valence-corrected chi connectivity index (χ0v) is 16.2. The molecule has 0 saturated heterocycles. The number of rotatable bonds is 8. The molecule has 0 unspecified atom stereocenters. The van der Waals surface area contributed by atoms with Gasteiger partial charge in [0, 0.05) is 23.9 Å². The topological polar surface area (TPSA) is 60.5 Å². The minimum Gasteiger partial charge on any atom is -0.497 e. The van der Waals surface area contributed by atoms with Gasteiger partial charge in [-0.3, -0.25) is 4.79 Å². The van der Waals surface area contributed by atoms with Crippen molar-refractivity contribution in [2.75, 3.05) is 14.2 Å². The molecular formula is C21H22N2O3S. The van der Waals surface area contributed by atoms with Crippen LogP contribution in [0.4, 0.5) is 0 Å². The van der Waals surface area contributed by atoms with Crippen LogP contribution in [0.1, 0.15) is 17.7 Å². The Balaban J connectivity index is 1.47. The molecule has 5 nitrogen and oxygen atoms in total. The average molecular weight is 382 g/mol. The van der Waals surface area contributed by atoms with Crippen LogP contribution in [-0.4, -0.2) is 25.1 Å². The first kappa shape index (κ1) is 18.9. The number of hydrogen-bond acceptors (Lipinski definition) is 5. The number of thiazole rings is 1. The molecule has 0 atom stereocenters. The van der Waals surface area contributed by atoms with E-state index in [4.69, 9.17) is 9.47 Å². The number of nitrogens with one attached hydrogen (secondary N) is 1. The summed E-state index contributed by atoms with van der Waals surface area (Å²) >= 11 is 1.59. The average Bonchev–Trinajstić information content (AvgIpc) is 3.20. The molecule has 27 heavy (non-hydrogen) atoms. The molecule has 6 heteroatoms. The molecule has 0 aliphatic heterocycles. The maximum absolute atomic E-state index is 12.1. The van der Waals surface area contributed by atoms with Crippen molar-refractivity contribution in [1.82, 2.24) is 10.3 Å². The Morgan fingerprint density at radius 2 is 1.63 bits per heavy atom. The lowest BCUT2D eigenvalue weighted by atomic mass is 10.2. The highest BCUT2D eigenvalue weighted by Crippen LogP contribution is 2.26. The quantitative estimate of drug-likeness (QED) is 0.638. The van der Waals surface area contributed by atoms with Gasteiger partial charge < -0.3 is 14.8 Å². The Kier molecular flexibility index (Phi) is 6.44. The van der Waals surface area contributed by atoms with Gasteiger partial charge in [0.1, 0.15) is 16.5 Å². The number of hydrogen-bond donors (Lipinski definition) is 1. The normalized spacial score (nSPS) is 10.4. The van der Waals surface area contributed by atoms with E-state index in [9.17, 15) is 4.79 Å². The highest BCUT2D eigenvalue weighted by molar-refractivity contribution is 7.13. The van der Waals surface area contributed by atoms with Crippen molar-refractivity contribution in [2.24, 2.45) is 0 Å². The number of nitrogens with zero attached hydrogens (tertiary/aromatic N) is 1. The lowest BCUT2D eigenvalue weighted by Gasteiger charge is -2.06. The Morgan fingerprint density at radius 1 is 1.00 bits per heavy atom. The van der Waals surface area contributed by atoms with Crippen molar-refractivity contribution >= 4 is 17.2 Å². The molecule has 1 N–H and O–H groups in total. The van der Waals surface area contributed by atoms with E-state index in [1.165, 1.54) is 0 Å². The standard InChI is InChI=1S/C21H22N2O3S/c1-25-18-8-3-15(4-9-18)13-22-20(24)12-7-17-14-27-21(23-17)16-5-10-19(26-2)11-6-16/h3-6,8-11,14H,7,12-13H2,1-2H3,(H,22,24). The highest BCUT2D eigenvalue weighted by Gasteiger charge is 2.08. The molecule has 0 aliphatic carbocycles. The molecule has 3 rings (SSSR count). The van der Waals surface area contributed by atoms with E-state index in [0.29, 0.717) is 19.4 Å². The van der Waals surface area contributed by atoms with Gasteiger partial charge >= 0.3 is 0 Å². The lowest BCUT2D eigenvalue weighted by Crippen LogP contribution is -2.23. The van der Waals surface area contributed by atoms with Crippen LogP contribution in [0.2, 0.25) is 0 Å². The number of carbonyl (C=O) groups excluding carboxylic acids is 1. The number of ether oxygens (including phenoxy) is 2. The predicted molar refractivity (Wildman–Crippen MR) is 107 cm³/mol. The molecule has 0 bridgehead atoms. The molecule has 0 fully saturated rings. The van der Waals surface area contributed by atoms with Crippen LogP contribution in [-0.2, 0) is 17.8 Å². The highest BCUT2D eigenvalue weighted by atomic mass is 32.1. The maximum Gasteiger partial charge on any atom is 0.220 e. The van der Waals surface area contributed by atoms with Crippen LogP contribution in [0.3, 0.4) is 0 Å². The van der Waals surface area contributed by atoms with Gasteiger partial charge in [0.15, 0.2) is 0 Å². The maximum atomic E-state index is 12.1. The van der Waals surface area contributed by atoms with Crippen molar-refractivity contribution in [3.05, 3.63) is 65.2 Å². The zero-order valence-electron chi connectivity index (χ0n) is 15.4. The number of amides is 1. The molecule has 2 aromatic carbocycles. The van der Waals surface area contributed by atoms with Gasteiger partial charge in [-0.05, 0) is 48.4 Å². The van der Waals surface area contributed by atoms with E-state index >= 15 is 0 Å². The van der Waals surface area contributed by atoms with E-state index in [1.54, 1.807) is 25.6 Å². The van der Waals surface area contributed by atoms with Gasteiger partial charge in [0.05, 0.1) is 19.9 Å². The molecule has 140 valence electrons. The van der Waals surface area contributed by atoms with Crippen LogP contribution in [0.5, 0.6) is 11.5 Å². The van der Waals surface area contributed by atoms with Gasteiger partial charge in [-0.15, -0.1) is 11.3 Å². The third-order valence-electron chi connectivity index (χ3n) is 4.15. The van der Waals surface area contributed by atoms with Gasteiger partial charge in [-0.1, -0.05) is 12.1 Å². The van der Waals surface area contributed by atoms with E-state index in [1.807, 2.05) is 53.9 Å². The van der Waals surface area contributed by atoms with E-state index in [2.05, 4.69) is 10.3 Å². The Hall–Kier alpha value is -2.86. The second-order valence-corrected chi connectivity index (χ2v) is 6.86. The molecule has 1 heterocycles. The largest absolute Gasteiger partial charge is 0.497 e. The van der Waals surface area contributed by atoms with Gasteiger partial charge in [0.25, 0.3) is 0 Å². The Labute approximate surface area is 163 Å². The molecule has 0 radical (unpaired) electrons. The first-order chi connectivity index (χ1) is 13.2. The van der Waals surface area contributed by atoms with E-state index in [0.717, 1.165) is 33.3 Å². The van der Waals surface area contributed by atoms with E-state index < -0.39 is 0 Å². The van der Waals surface area contributed by atoms with Gasteiger partial charge in [-0.25, -0.2) is 4.98 Å². The van der Waals surface area contributed by atoms with Crippen molar-refractivity contribution in [3.63, 3.8) is 0 Å². The van der Waals surface area contributed by atoms with Crippen molar-refractivity contribution in [1.29, 1.82) is 0 Å². The fourth-order valence-corrected chi connectivity index (χ4v) is 3.42. The second kappa shape index (κ2) is 9.19. The fourth-order valence-electron chi connectivity index (χ4n) is 2.56. The summed E-state index contributed by atoms with van der Waals surface area (Å²) in [6.45, 7) is 0.511. The first-order valence-electron chi connectivity index (χ1n) is 8.66. The van der Waals surface area contributed by atoms with Crippen LogP contribution < -0.4 is 14.8 Å². The summed E-state index contributed by atoms with van der Waals surface area (Å²) in [7, 11) is 3.28. The summed E-state index contributed by atoms with van der Waals surface area (Å²) in [5, 5.41) is 5.90. The number of benzene rings is 2. The number of aryl methyl sites for hydroxylation is 1. The minimum atomic E-state index is 0.0183. The predicted octanol–water partition coefficient (Wildman–Crippen LogP) is 4.08. The van der Waals surface area contributed by atoms with Crippen LogP contribution in [0.15, 0.2) is 53.9 Å². The monoisotopic (exact) mass is 382 g/mol. The number of methoxy groups -OCH3 is 2. The van der Waals surface area contributed by atoms with Gasteiger partial charge in [-0.2, -0.15) is 0 Å². The molecule has 1 amide bonds. The van der Waals surface area contributed by atoms with Gasteiger partial charge in [0.2, 0.25) is 5.91 Å². The van der Waals surface area contributed by atoms with Crippen LogP contribution in [0, 0.1) is 0 Å². The molecule has 1 aromatic heterocycles. The SMILES string of the molecule is COc1ccc(CNC(=O)CCc2csc(-c3ccc(OC)cc3)n2)cc1. The first-order valence-corrected chi connectivity index (χ1v) is 9.54. The van der Waals surface area contributed by atoms with E-state index in [-0.39, 0.29) is 5.91 Å². The molecule has 0 aliphatic rings. The van der Waals surface area contributed by atoms with Crippen molar-refractivity contribution in [3.8, 4) is 22.1 Å². The number of aromatic nitrogens is 1. The second-order valence-electron chi connectivity index (χ2n) is 6.00.